The Morgan fingerprint density at radius 1 is 0.418 bits per heavy atom. The van der Waals surface area contributed by atoms with E-state index in [4.69, 9.17) is 0 Å². The van der Waals surface area contributed by atoms with Gasteiger partial charge < -0.3 is 9.80 Å². The number of allylic oxidation sites excluding steroid dienone is 5. The molecule has 0 aliphatic heterocycles. The summed E-state index contributed by atoms with van der Waals surface area (Å²) in [4.78, 5) is 4.72. The molecular weight excluding hydrogens is 665 g/mol. The molecule has 55 heavy (non-hydrogen) atoms. The summed E-state index contributed by atoms with van der Waals surface area (Å²) in [7, 11) is 0. The lowest BCUT2D eigenvalue weighted by Gasteiger charge is -2.26. The molecular formula is C53H54N2. The minimum absolute atomic E-state index is 0.975. The molecule has 0 N–H and O–H groups in total. The summed E-state index contributed by atoms with van der Waals surface area (Å²) in [5.74, 6) is 0. The van der Waals surface area contributed by atoms with E-state index in [1.807, 2.05) is 0 Å². The van der Waals surface area contributed by atoms with Crippen molar-refractivity contribution < 1.29 is 0 Å². The van der Waals surface area contributed by atoms with Gasteiger partial charge in [0.15, 0.2) is 0 Å². The van der Waals surface area contributed by atoms with E-state index in [1.165, 1.54) is 87.3 Å². The van der Waals surface area contributed by atoms with Gasteiger partial charge in [0.1, 0.15) is 0 Å². The average molecular weight is 719 g/mol. The maximum Gasteiger partial charge on any atom is 0.0462 e. The quantitative estimate of drug-likeness (QED) is 0.111. The van der Waals surface area contributed by atoms with Gasteiger partial charge in [-0.3, -0.25) is 0 Å². The Morgan fingerprint density at radius 2 is 0.782 bits per heavy atom. The molecule has 7 rings (SSSR count). The van der Waals surface area contributed by atoms with Crippen molar-refractivity contribution >= 4 is 28.4 Å². The zero-order valence-electron chi connectivity index (χ0n) is 33.0. The third-order valence-electron chi connectivity index (χ3n) is 10.6. The average Bonchev–Trinajstić information content (AvgIpc) is 3.45. The summed E-state index contributed by atoms with van der Waals surface area (Å²) in [5.41, 5.74) is 17.2. The monoisotopic (exact) mass is 718 g/mol. The maximum absolute atomic E-state index is 2.37. The molecule has 0 aromatic heterocycles. The second-order valence-electron chi connectivity index (χ2n) is 14.9. The third-order valence-corrected chi connectivity index (χ3v) is 10.6. The molecule has 6 aromatic carbocycles. The predicted octanol–water partition coefficient (Wildman–Crippen LogP) is 15.4. The Morgan fingerprint density at radius 3 is 1.20 bits per heavy atom. The summed E-state index contributed by atoms with van der Waals surface area (Å²) in [6, 6.07) is 54.0. The van der Waals surface area contributed by atoms with Crippen LogP contribution in [0, 0.1) is 6.92 Å². The predicted molar refractivity (Wildman–Crippen MR) is 238 cm³/mol. The van der Waals surface area contributed by atoms with Crippen LogP contribution in [0.15, 0.2) is 181 Å². The highest BCUT2D eigenvalue weighted by Crippen LogP contribution is 2.37. The second kappa shape index (κ2) is 18.0. The number of aryl methyl sites for hydroxylation is 3. The molecule has 276 valence electrons. The van der Waals surface area contributed by atoms with Gasteiger partial charge in [-0.1, -0.05) is 135 Å². The number of anilines is 5. The summed E-state index contributed by atoms with van der Waals surface area (Å²) >= 11 is 0. The van der Waals surface area contributed by atoms with Gasteiger partial charge in [-0.15, -0.1) is 0 Å². The van der Waals surface area contributed by atoms with Gasteiger partial charge in [0, 0.05) is 34.1 Å². The molecule has 0 amide bonds. The minimum Gasteiger partial charge on any atom is -0.311 e. The molecule has 1 aliphatic carbocycles. The molecule has 0 saturated heterocycles. The van der Waals surface area contributed by atoms with E-state index < -0.39 is 0 Å². The van der Waals surface area contributed by atoms with Crippen LogP contribution in [0.25, 0.3) is 22.3 Å². The fraction of sp³-hybridized carbons (Fsp3) is 0.208. The highest BCUT2D eigenvalue weighted by molar-refractivity contribution is 5.80. The number of unbranched alkanes of at least 4 members (excludes halogenated alkanes) is 2. The Balaban J connectivity index is 1.11. The van der Waals surface area contributed by atoms with Crippen molar-refractivity contribution in [2.24, 2.45) is 0 Å². The highest BCUT2D eigenvalue weighted by atomic mass is 15.1. The maximum atomic E-state index is 2.37. The summed E-state index contributed by atoms with van der Waals surface area (Å²) in [6.07, 6.45) is 17.1. The number of hydrogen-bond acceptors (Lipinski definition) is 2. The SMILES string of the molecule is CCCCc1ccc(N(C2=CC=C(C)CC=C2)c2ccc(-c3ccc(-c4ccc(N(c5ccc(C)cc5)c5ccc(CCCC)cc5)cc4)cc3)cc2)cc1. The molecule has 0 spiro atoms. The van der Waals surface area contributed by atoms with Crippen molar-refractivity contribution in [3.8, 4) is 22.3 Å². The van der Waals surface area contributed by atoms with Gasteiger partial charge in [0.2, 0.25) is 0 Å². The molecule has 2 nitrogen and oxygen atoms in total. The molecule has 6 aromatic rings. The van der Waals surface area contributed by atoms with E-state index >= 15 is 0 Å². The van der Waals surface area contributed by atoms with Gasteiger partial charge in [-0.05, 0) is 152 Å². The topological polar surface area (TPSA) is 6.48 Å². The lowest BCUT2D eigenvalue weighted by molar-refractivity contribution is 0.795. The van der Waals surface area contributed by atoms with Crippen LogP contribution >= 0.6 is 0 Å². The fourth-order valence-electron chi connectivity index (χ4n) is 7.30. The third kappa shape index (κ3) is 9.27. The zero-order valence-corrected chi connectivity index (χ0v) is 33.0. The van der Waals surface area contributed by atoms with Crippen LogP contribution < -0.4 is 9.80 Å². The van der Waals surface area contributed by atoms with Crippen LogP contribution in [0.5, 0.6) is 0 Å². The van der Waals surface area contributed by atoms with Crippen molar-refractivity contribution in [3.05, 3.63) is 198 Å². The molecule has 0 bridgehead atoms. The van der Waals surface area contributed by atoms with E-state index in [0.717, 1.165) is 36.3 Å². The Labute approximate surface area is 329 Å². The van der Waals surface area contributed by atoms with E-state index in [2.05, 4.69) is 207 Å². The lowest BCUT2D eigenvalue weighted by atomic mass is 9.99. The van der Waals surface area contributed by atoms with Crippen molar-refractivity contribution in [2.45, 2.75) is 72.6 Å². The first-order chi connectivity index (χ1) is 27.0. The first kappa shape index (κ1) is 37.5. The van der Waals surface area contributed by atoms with Crippen LogP contribution in [0.2, 0.25) is 0 Å². The van der Waals surface area contributed by atoms with Gasteiger partial charge in [0.25, 0.3) is 0 Å². The zero-order chi connectivity index (χ0) is 38.0. The van der Waals surface area contributed by atoms with E-state index in [0.29, 0.717) is 0 Å². The van der Waals surface area contributed by atoms with Crippen LogP contribution in [0.3, 0.4) is 0 Å². The number of nitrogens with zero attached hydrogens (tertiary/aromatic N) is 2. The Kier molecular flexibility index (Phi) is 12.2. The van der Waals surface area contributed by atoms with Gasteiger partial charge >= 0.3 is 0 Å². The largest absolute Gasteiger partial charge is 0.311 e. The van der Waals surface area contributed by atoms with Gasteiger partial charge in [0.05, 0.1) is 0 Å². The molecule has 1 aliphatic rings. The number of benzene rings is 6. The van der Waals surface area contributed by atoms with Crippen LogP contribution in [-0.4, -0.2) is 0 Å². The fourth-order valence-corrected chi connectivity index (χ4v) is 7.30. The highest BCUT2D eigenvalue weighted by Gasteiger charge is 2.16. The van der Waals surface area contributed by atoms with Crippen LogP contribution in [0.1, 0.15) is 69.6 Å². The van der Waals surface area contributed by atoms with E-state index in [1.54, 1.807) is 0 Å². The molecule has 0 unspecified atom stereocenters. The normalized spacial score (nSPS) is 12.5. The van der Waals surface area contributed by atoms with Crippen LogP contribution in [-0.2, 0) is 12.8 Å². The van der Waals surface area contributed by atoms with Crippen molar-refractivity contribution in [2.75, 3.05) is 9.80 Å². The van der Waals surface area contributed by atoms with Gasteiger partial charge in [-0.2, -0.15) is 0 Å². The lowest BCUT2D eigenvalue weighted by Crippen LogP contribution is -2.15. The number of rotatable bonds is 14. The minimum atomic E-state index is 0.975. The van der Waals surface area contributed by atoms with Crippen molar-refractivity contribution in [1.82, 2.24) is 0 Å². The molecule has 0 heterocycles. The van der Waals surface area contributed by atoms with Crippen molar-refractivity contribution in [1.29, 1.82) is 0 Å². The first-order valence-corrected chi connectivity index (χ1v) is 20.2. The molecule has 2 heteroatoms. The van der Waals surface area contributed by atoms with Crippen molar-refractivity contribution in [3.63, 3.8) is 0 Å². The Hall–Kier alpha value is -5.86. The molecule has 0 atom stereocenters. The standard InChI is InChI=1S/C53H54N2/c1-5-7-11-42-17-32-50(33-18-42)54(48-13-9-10-40(3)14-29-48)52-36-25-46(26-37-52)44-21-23-45(24-22-44)47-27-38-53(39-28-47)55(49-30-15-41(4)16-31-49)51-34-19-43(20-35-51)12-8-6-2/h9,13-39H,5-8,10-12H2,1-4H3. The Bertz CT molecular complexity index is 2220. The molecule has 0 saturated carbocycles. The number of hydrogen-bond donors (Lipinski definition) is 0. The smallest absolute Gasteiger partial charge is 0.0462 e. The summed E-state index contributed by atoms with van der Waals surface area (Å²) in [5, 5.41) is 0. The van der Waals surface area contributed by atoms with E-state index in [9.17, 15) is 0 Å². The summed E-state index contributed by atoms with van der Waals surface area (Å²) in [6.45, 7) is 8.84. The summed E-state index contributed by atoms with van der Waals surface area (Å²) < 4.78 is 0. The molecule has 0 radical (unpaired) electrons. The molecule has 0 fully saturated rings. The van der Waals surface area contributed by atoms with E-state index in [-0.39, 0.29) is 0 Å². The first-order valence-electron chi connectivity index (χ1n) is 20.2. The van der Waals surface area contributed by atoms with Gasteiger partial charge in [-0.25, -0.2) is 0 Å². The van der Waals surface area contributed by atoms with Crippen LogP contribution in [0.4, 0.5) is 28.4 Å². The second-order valence-corrected chi connectivity index (χ2v) is 14.9.